The van der Waals surface area contributed by atoms with Gasteiger partial charge in [0.1, 0.15) is 22.9 Å². The number of anilines is 2. The first-order valence-electron chi connectivity index (χ1n) is 16.8. The molecular weight excluding hydrogens is 675 g/mol. The number of piperazine rings is 1. The molecule has 50 heavy (non-hydrogen) atoms. The van der Waals surface area contributed by atoms with Gasteiger partial charge in [-0.05, 0) is 55.9 Å². The molecule has 1 amide bonds. The third-order valence-corrected chi connectivity index (χ3v) is 11.1. The zero-order chi connectivity index (χ0) is 34.7. The van der Waals surface area contributed by atoms with Crippen LogP contribution in [-0.2, 0) is 4.79 Å². The van der Waals surface area contributed by atoms with Crippen LogP contribution in [0.25, 0.3) is 38.9 Å². The summed E-state index contributed by atoms with van der Waals surface area (Å²) in [5, 5.41) is 4.61. The predicted octanol–water partition coefficient (Wildman–Crippen LogP) is 7.74. The van der Waals surface area contributed by atoms with E-state index >= 15 is 0 Å². The number of ether oxygens (including phenoxy) is 3. The molecule has 3 aliphatic rings. The highest BCUT2D eigenvalue weighted by Crippen LogP contribution is 2.50. The second-order valence-electron chi connectivity index (χ2n) is 13.4. The molecule has 2 saturated carbocycles. The maximum Gasteiger partial charge on any atom is 0.247 e. The third-order valence-electron chi connectivity index (χ3n) is 10.4. The van der Waals surface area contributed by atoms with Crippen molar-refractivity contribution < 1.29 is 19.0 Å². The number of methoxy groups -OCH3 is 3. The van der Waals surface area contributed by atoms with E-state index in [1.54, 1.807) is 39.8 Å². The van der Waals surface area contributed by atoms with Crippen LogP contribution in [0.3, 0.4) is 0 Å². The summed E-state index contributed by atoms with van der Waals surface area (Å²) in [6, 6.07) is 9.61. The first-order valence-corrected chi connectivity index (χ1v) is 17.5. The zero-order valence-electron chi connectivity index (χ0n) is 28.3. The first kappa shape index (κ1) is 32.7. The van der Waals surface area contributed by atoms with Crippen LogP contribution in [0.2, 0.25) is 10.0 Å². The Balaban J connectivity index is 1.22. The number of benzene rings is 2. The van der Waals surface area contributed by atoms with Crippen molar-refractivity contribution in [3.63, 3.8) is 0 Å². The monoisotopic (exact) mass is 712 g/mol. The van der Waals surface area contributed by atoms with Gasteiger partial charge in [0, 0.05) is 84.5 Å². The van der Waals surface area contributed by atoms with Crippen LogP contribution < -0.4 is 24.4 Å². The van der Waals surface area contributed by atoms with Gasteiger partial charge in [-0.3, -0.25) is 19.1 Å². The molecule has 10 nitrogen and oxygen atoms in total. The average molecular weight is 714 g/mol. The number of pyridine rings is 2. The van der Waals surface area contributed by atoms with Crippen LogP contribution >= 0.6 is 23.2 Å². The predicted molar refractivity (Wildman–Crippen MR) is 198 cm³/mol. The van der Waals surface area contributed by atoms with Crippen LogP contribution in [0, 0.1) is 5.92 Å². The fraction of sp³-hybridized carbons (Fsp3) is 0.342. The number of halogens is 2. The molecule has 12 heteroatoms. The molecule has 4 heterocycles. The molecule has 3 aromatic heterocycles. The maximum atomic E-state index is 12.8. The summed E-state index contributed by atoms with van der Waals surface area (Å²) in [5.74, 6) is 2.11. The minimum Gasteiger partial charge on any atom is -0.496 e. The van der Waals surface area contributed by atoms with E-state index in [1.165, 1.54) is 38.3 Å². The Bertz CT molecular complexity index is 2150. The molecule has 0 atom stereocenters. The van der Waals surface area contributed by atoms with Crippen molar-refractivity contribution in [1.82, 2.24) is 19.3 Å². The summed E-state index contributed by atoms with van der Waals surface area (Å²) >= 11 is 13.7. The number of carbonyl (C=O) groups excluding carboxylic acids is 1. The first-order chi connectivity index (χ1) is 24.3. The molecule has 0 bridgehead atoms. The van der Waals surface area contributed by atoms with Gasteiger partial charge in [0.05, 0.1) is 54.0 Å². The minimum absolute atomic E-state index is 0.214. The molecule has 5 aromatic rings. The molecule has 3 fully saturated rings. The van der Waals surface area contributed by atoms with Crippen molar-refractivity contribution in [2.75, 3.05) is 57.7 Å². The Morgan fingerprint density at radius 2 is 1.72 bits per heavy atom. The van der Waals surface area contributed by atoms with Gasteiger partial charge in [0.25, 0.3) is 0 Å². The van der Waals surface area contributed by atoms with E-state index in [0.717, 1.165) is 47.7 Å². The molecule has 1 spiro atoms. The SMILES string of the molecule is C=CC(=O)Nc1cc(-c2cc3c(cn2)cc(-c2c(Cl)c(OC)cc(OC)c2Cl)c2nccn23)c(OC)cc1N1CCN(CC2CC2)C2(CC2)C1. The van der Waals surface area contributed by atoms with Gasteiger partial charge >= 0.3 is 0 Å². The molecule has 8 rings (SSSR count). The van der Waals surface area contributed by atoms with Crippen molar-refractivity contribution in [2.45, 2.75) is 31.2 Å². The molecule has 0 unspecified atom stereocenters. The van der Waals surface area contributed by atoms with Gasteiger partial charge in [0.2, 0.25) is 5.91 Å². The highest BCUT2D eigenvalue weighted by atomic mass is 35.5. The van der Waals surface area contributed by atoms with Crippen molar-refractivity contribution in [2.24, 2.45) is 5.92 Å². The van der Waals surface area contributed by atoms with Crippen molar-refractivity contribution >= 4 is 57.0 Å². The topological polar surface area (TPSA) is 93.5 Å². The van der Waals surface area contributed by atoms with Crippen molar-refractivity contribution in [3.05, 3.63) is 71.6 Å². The second kappa shape index (κ2) is 12.7. The number of rotatable bonds is 10. The van der Waals surface area contributed by atoms with E-state index in [0.29, 0.717) is 55.4 Å². The standard InChI is InChI=1S/C38H38Cl2N6O4/c1-5-33(47)43-27-15-24(30(48-2)17-29(27)44-12-13-45(20-22-6-7-22)38(21-44)8-9-38)26-16-28-23(19-42-26)14-25(37-41-10-11-46(28)37)34-35(39)31(49-3)18-32(50-4)36(34)40/h5,10-11,14-19,22H,1,6-9,12-13,20-21H2,2-4H3,(H,43,47). The van der Waals surface area contributed by atoms with E-state index in [2.05, 4.69) is 26.7 Å². The molecule has 2 aliphatic carbocycles. The number of carbonyl (C=O) groups is 1. The van der Waals surface area contributed by atoms with E-state index in [4.69, 9.17) is 42.4 Å². The Kier molecular flexibility index (Phi) is 8.28. The van der Waals surface area contributed by atoms with E-state index in [-0.39, 0.29) is 11.4 Å². The number of nitrogens with one attached hydrogen (secondary N) is 1. The number of imidazole rings is 1. The van der Waals surface area contributed by atoms with Crippen LogP contribution in [0.15, 0.2) is 61.6 Å². The largest absolute Gasteiger partial charge is 0.496 e. The highest BCUT2D eigenvalue weighted by molar-refractivity contribution is 6.41. The van der Waals surface area contributed by atoms with Crippen molar-refractivity contribution in [1.29, 1.82) is 0 Å². The highest BCUT2D eigenvalue weighted by Gasteiger charge is 2.52. The molecule has 1 aliphatic heterocycles. The summed E-state index contributed by atoms with van der Waals surface area (Å²) in [7, 11) is 4.76. The summed E-state index contributed by atoms with van der Waals surface area (Å²) in [6.07, 6.45) is 11.8. The molecule has 258 valence electrons. The number of hydrogen-bond acceptors (Lipinski definition) is 8. The molecule has 1 saturated heterocycles. The van der Waals surface area contributed by atoms with Crippen LogP contribution in [0.4, 0.5) is 11.4 Å². The fourth-order valence-corrected chi connectivity index (χ4v) is 8.07. The lowest BCUT2D eigenvalue weighted by Crippen LogP contribution is -2.55. The number of amides is 1. The quantitative estimate of drug-likeness (QED) is 0.147. The number of fused-ring (bicyclic) bond motifs is 3. The molecule has 0 radical (unpaired) electrons. The van der Waals surface area contributed by atoms with Crippen LogP contribution in [-0.4, -0.2) is 78.2 Å². The molecule has 1 N–H and O–H groups in total. The average Bonchev–Trinajstić information content (AvgIpc) is 4.06. The number of hydrogen-bond donors (Lipinski definition) is 1. The lowest BCUT2D eigenvalue weighted by molar-refractivity contribution is -0.111. The van der Waals surface area contributed by atoms with E-state index in [9.17, 15) is 4.79 Å². The number of nitrogens with zero attached hydrogens (tertiary/aromatic N) is 5. The van der Waals surface area contributed by atoms with E-state index in [1.807, 2.05) is 34.9 Å². The number of aromatic nitrogens is 3. The second-order valence-corrected chi connectivity index (χ2v) is 14.1. The maximum absolute atomic E-state index is 12.8. The lowest BCUT2D eigenvalue weighted by Gasteiger charge is -2.44. The summed E-state index contributed by atoms with van der Waals surface area (Å²) in [5.41, 5.74) is 6.01. The van der Waals surface area contributed by atoms with Crippen LogP contribution in [0.5, 0.6) is 17.2 Å². The van der Waals surface area contributed by atoms with Gasteiger partial charge in [-0.25, -0.2) is 4.98 Å². The van der Waals surface area contributed by atoms with Crippen molar-refractivity contribution in [3.8, 4) is 39.6 Å². The summed E-state index contributed by atoms with van der Waals surface area (Å²) < 4.78 is 19.1. The van der Waals surface area contributed by atoms with Gasteiger partial charge in [-0.15, -0.1) is 0 Å². The third kappa shape index (κ3) is 5.59. The Morgan fingerprint density at radius 3 is 2.38 bits per heavy atom. The van der Waals surface area contributed by atoms with Gasteiger partial charge in [0.15, 0.2) is 0 Å². The molecular formula is C38H38Cl2N6O4. The summed E-state index contributed by atoms with van der Waals surface area (Å²) in [6.45, 7) is 7.69. The zero-order valence-corrected chi connectivity index (χ0v) is 29.8. The molecule has 2 aromatic carbocycles. The Morgan fingerprint density at radius 1 is 0.980 bits per heavy atom. The van der Waals surface area contributed by atoms with Gasteiger partial charge in [-0.1, -0.05) is 29.8 Å². The normalized spacial score (nSPS) is 16.9. The fourth-order valence-electron chi connectivity index (χ4n) is 7.36. The van der Waals surface area contributed by atoms with Gasteiger partial charge < -0.3 is 24.4 Å². The summed E-state index contributed by atoms with van der Waals surface area (Å²) in [4.78, 5) is 27.5. The van der Waals surface area contributed by atoms with E-state index < -0.39 is 0 Å². The Hall–Kier alpha value is -4.51. The smallest absolute Gasteiger partial charge is 0.247 e. The van der Waals surface area contributed by atoms with Gasteiger partial charge in [-0.2, -0.15) is 0 Å². The Labute approximate surface area is 300 Å². The minimum atomic E-state index is -0.276. The lowest BCUT2D eigenvalue weighted by atomic mass is 10.0. The van der Waals surface area contributed by atoms with Crippen LogP contribution in [0.1, 0.15) is 25.7 Å².